The van der Waals surface area contributed by atoms with Crippen molar-refractivity contribution in [3.8, 4) is 0 Å². The number of hydrogen-bond donors (Lipinski definition) is 4. The highest BCUT2D eigenvalue weighted by Crippen LogP contribution is 2.39. The molecule has 0 saturated heterocycles. The number of nitrogens with one attached hydrogen (secondary N) is 1. The summed E-state index contributed by atoms with van der Waals surface area (Å²) >= 11 is 0. The maximum absolute atomic E-state index is 13.6. The molecular weight excluding hydrogens is 425 g/mol. The summed E-state index contributed by atoms with van der Waals surface area (Å²) in [7, 11) is 1.64. The molecule has 1 unspecified atom stereocenters. The Balaban J connectivity index is 2.52. The lowest BCUT2D eigenvalue weighted by Gasteiger charge is -2.42. The highest BCUT2D eigenvalue weighted by molar-refractivity contribution is 5.83. The van der Waals surface area contributed by atoms with Gasteiger partial charge in [0.2, 0.25) is 0 Å². The van der Waals surface area contributed by atoms with E-state index in [4.69, 9.17) is 9.84 Å². The maximum Gasteiger partial charge on any atom is 0.305 e. The highest BCUT2D eigenvalue weighted by Gasteiger charge is 2.36. The summed E-state index contributed by atoms with van der Waals surface area (Å²) in [5.41, 5.74) is 3.11. The van der Waals surface area contributed by atoms with Gasteiger partial charge in [-0.05, 0) is 41.2 Å². The number of dihydropyridines is 1. The number of carbonyl (C=O) groups is 1. The number of methoxy groups -OCH3 is 1. The predicted octanol–water partition coefficient (Wildman–Crippen LogP) is 3.91. The fourth-order valence-electron chi connectivity index (χ4n) is 4.00. The van der Waals surface area contributed by atoms with E-state index in [-0.39, 0.29) is 24.1 Å². The molecule has 1 aliphatic rings. The van der Waals surface area contributed by atoms with Crippen LogP contribution in [0.3, 0.4) is 0 Å². The first-order valence-corrected chi connectivity index (χ1v) is 11.3. The first kappa shape index (κ1) is 26.8. The molecule has 6 nitrogen and oxygen atoms in total. The molecule has 182 valence electrons. The Labute approximate surface area is 195 Å². The highest BCUT2D eigenvalue weighted by atomic mass is 19.1. The third-order valence-electron chi connectivity index (χ3n) is 5.88. The second-order valence-electron chi connectivity index (χ2n) is 9.17. The number of ether oxygens (including phenoxy) is 1. The molecule has 1 aliphatic heterocycles. The lowest BCUT2D eigenvalue weighted by molar-refractivity contribution is -0.139. The zero-order valence-electron chi connectivity index (χ0n) is 20.0. The lowest BCUT2D eigenvalue weighted by atomic mass is 9.76. The lowest BCUT2D eigenvalue weighted by Crippen LogP contribution is -2.49. The zero-order valence-corrected chi connectivity index (χ0v) is 20.0. The Morgan fingerprint density at radius 2 is 1.82 bits per heavy atom. The van der Waals surface area contributed by atoms with Crippen LogP contribution in [0, 0.1) is 17.7 Å². The van der Waals surface area contributed by atoms with Crippen molar-refractivity contribution in [1.82, 2.24) is 5.32 Å². The van der Waals surface area contributed by atoms with Gasteiger partial charge in [-0.1, -0.05) is 52.0 Å². The van der Waals surface area contributed by atoms with Gasteiger partial charge in [-0.3, -0.25) is 4.79 Å². The third-order valence-corrected chi connectivity index (χ3v) is 5.88. The van der Waals surface area contributed by atoms with E-state index in [0.29, 0.717) is 6.61 Å². The molecule has 0 fully saturated rings. The van der Waals surface area contributed by atoms with E-state index in [2.05, 4.69) is 39.1 Å². The number of carboxylic acid groups (broad SMARTS) is 1. The number of halogens is 1. The molecule has 0 saturated carbocycles. The summed E-state index contributed by atoms with van der Waals surface area (Å²) in [6.07, 6.45) is 2.89. The smallest absolute Gasteiger partial charge is 0.305 e. The van der Waals surface area contributed by atoms with E-state index in [1.807, 2.05) is 6.08 Å². The minimum atomic E-state index is -1.14. The summed E-state index contributed by atoms with van der Waals surface area (Å²) in [6, 6.07) is 6.34. The molecule has 1 aromatic rings. The van der Waals surface area contributed by atoms with Crippen LogP contribution in [0.15, 0.2) is 53.8 Å². The number of hydrogen-bond acceptors (Lipinski definition) is 5. The van der Waals surface area contributed by atoms with Gasteiger partial charge in [-0.15, -0.1) is 0 Å². The molecule has 1 heterocycles. The first-order valence-electron chi connectivity index (χ1n) is 11.3. The minimum absolute atomic E-state index is 0.0678. The largest absolute Gasteiger partial charge is 0.481 e. The van der Waals surface area contributed by atoms with E-state index in [0.717, 1.165) is 22.4 Å². The van der Waals surface area contributed by atoms with Gasteiger partial charge in [0, 0.05) is 24.8 Å². The van der Waals surface area contributed by atoms with E-state index >= 15 is 0 Å². The normalized spacial score (nSPS) is 20.8. The van der Waals surface area contributed by atoms with Crippen molar-refractivity contribution in [1.29, 1.82) is 0 Å². The number of benzene rings is 1. The Kier molecular flexibility index (Phi) is 9.40. The molecule has 0 aromatic heterocycles. The maximum atomic E-state index is 13.6. The standard InChI is InChI=1S/C26H36FNO5/c1-16(2)25-23(15-33-5)22(18-6-8-19(27)9-7-18)14-26(28-25,17(3)4)11-10-20(29)12-21(30)13-24(31)32/h6-11,14,16-17,20-21,28-30H,12-13,15H2,1-5H3,(H,31,32)/b11-10+/t20-,21-,26?/m1/s1. The molecular formula is C26H36FNO5. The molecule has 3 atom stereocenters. The monoisotopic (exact) mass is 461 g/mol. The van der Waals surface area contributed by atoms with Crippen LogP contribution in [0.2, 0.25) is 0 Å². The van der Waals surface area contributed by atoms with Crippen LogP contribution in [-0.2, 0) is 9.53 Å². The van der Waals surface area contributed by atoms with Gasteiger partial charge in [0.25, 0.3) is 0 Å². The second kappa shape index (κ2) is 11.6. The molecule has 4 N–H and O–H groups in total. The van der Waals surface area contributed by atoms with Gasteiger partial charge >= 0.3 is 5.97 Å². The van der Waals surface area contributed by atoms with Gasteiger partial charge in [0.05, 0.1) is 30.8 Å². The van der Waals surface area contributed by atoms with Crippen LogP contribution in [-0.4, -0.2) is 52.8 Å². The number of aliphatic carboxylic acids is 1. The predicted molar refractivity (Wildman–Crippen MR) is 127 cm³/mol. The number of carboxylic acids is 1. The molecule has 0 amide bonds. The molecule has 0 radical (unpaired) electrons. The van der Waals surface area contributed by atoms with Crippen LogP contribution in [0.5, 0.6) is 0 Å². The van der Waals surface area contributed by atoms with Gasteiger partial charge in [-0.2, -0.15) is 0 Å². The van der Waals surface area contributed by atoms with E-state index in [1.165, 1.54) is 12.1 Å². The average Bonchev–Trinajstić information content (AvgIpc) is 2.72. The van der Waals surface area contributed by atoms with Crippen LogP contribution in [0.1, 0.15) is 46.1 Å². The van der Waals surface area contributed by atoms with Crippen molar-refractivity contribution >= 4 is 11.5 Å². The van der Waals surface area contributed by atoms with Crippen molar-refractivity contribution in [2.24, 2.45) is 11.8 Å². The molecule has 1 aromatic carbocycles. The summed E-state index contributed by atoms with van der Waals surface area (Å²) in [5.74, 6) is -1.21. The minimum Gasteiger partial charge on any atom is -0.481 e. The SMILES string of the molecule is COCC1=C(C(C)C)NC(/C=C/[C@@H](O)C[C@@H](O)CC(=O)O)(C(C)C)C=C1c1ccc(F)cc1. The third kappa shape index (κ3) is 7.00. The summed E-state index contributed by atoms with van der Waals surface area (Å²) in [5, 5.41) is 32.8. The summed E-state index contributed by atoms with van der Waals surface area (Å²) < 4.78 is 19.1. The topological polar surface area (TPSA) is 99.0 Å². The van der Waals surface area contributed by atoms with Crippen molar-refractivity contribution < 1.29 is 29.2 Å². The van der Waals surface area contributed by atoms with Gasteiger partial charge < -0.3 is 25.4 Å². The number of aliphatic hydroxyl groups excluding tert-OH is 2. The van der Waals surface area contributed by atoms with Crippen LogP contribution in [0.4, 0.5) is 4.39 Å². The molecule has 2 rings (SSSR count). The fourth-order valence-corrected chi connectivity index (χ4v) is 4.00. The van der Waals surface area contributed by atoms with Gasteiger partial charge in [-0.25, -0.2) is 4.39 Å². The Hall–Kier alpha value is -2.48. The quantitative estimate of drug-likeness (QED) is 0.373. The molecule has 33 heavy (non-hydrogen) atoms. The summed E-state index contributed by atoms with van der Waals surface area (Å²) in [6.45, 7) is 8.66. The summed E-state index contributed by atoms with van der Waals surface area (Å²) in [4.78, 5) is 10.8. The molecule has 0 bridgehead atoms. The molecule has 0 aliphatic carbocycles. The van der Waals surface area contributed by atoms with E-state index in [1.54, 1.807) is 25.3 Å². The first-order chi connectivity index (χ1) is 15.5. The van der Waals surface area contributed by atoms with Crippen molar-refractivity contribution in [2.45, 2.75) is 58.3 Å². The van der Waals surface area contributed by atoms with Crippen molar-refractivity contribution in [2.75, 3.05) is 13.7 Å². The van der Waals surface area contributed by atoms with E-state index < -0.39 is 30.1 Å². The Morgan fingerprint density at radius 1 is 1.18 bits per heavy atom. The van der Waals surface area contributed by atoms with Crippen molar-refractivity contribution in [3.05, 3.63) is 65.1 Å². The van der Waals surface area contributed by atoms with Crippen molar-refractivity contribution in [3.63, 3.8) is 0 Å². The zero-order chi connectivity index (χ0) is 24.8. The van der Waals surface area contributed by atoms with Gasteiger partial charge in [0.15, 0.2) is 0 Å². The second-order valence-corrected chi connectivity index (χ2v) is 9.17. The van der Waals surface area contributed by atoms with Crippen LogP contribution < -0.4 is 5.32 Å². The number of aliphatic hydroxyl groups is 2. The van der Waals surface area contributed by atoms with Crippen LogP contribution in [0.25, 0.3) is 5.57 Å². The Morgan fingerprint density at radius 3 is 2.33 bits per heavy atom. The van der Waals surface area contributed by atoms with Crippen LogP contribution >= 0.6 is 0 Å². The average molecular weight is 462 g/mol. The number of allylic oxidation sites excluding steroid dienone is 1. The van der Waals surface area contributed by atoms with E-state index in [9.17, 15) is 19.4 Å². The molecule has 7 heteroatoms. The Bertz CT molecular complexity index is 904. The van der Waals surface area contributed by atoms with Gasteiger partial charge in [0.1, 0.15) is 5.82 Å². The molecule has 0 spiro atoms. The fraction of sp³-hybridized carbons (Fsp3) is 0.500. The number of rotatable bonds is 11.